The SMILES string of the molecule is Cc1[nH]c(=O)sc1S(=O)(=O)NC1(C(=O)O)CCCC1. The first-order valence-corrected chi connectivity index (χ1v) is 8.04. The van der Waals surface area contributed by atoms with Crippen molar-refractivity contribution in [1.82, 2.24) is 9.71 Å². The second-order valence-corrected chi connectivity index (χ2v) is 7.49. The molecule has 106 valence electrons. The van der Waals surface area contributed by atoms with Crippen molar-refractivity contribution in [2.45, 2.75) is 42.4 Å². The van der Waals surface area contributed by atoms with Gasteiger partial charge in [-0.2, -0.15) is 4.72 Å². The number of H-pyrrole nitrogens is 1. The van der Waals surface area contributed by atoms with Gasteiger partial charge in [0, 0.05) is 5.69 Å². The van der Waals surface area contributed by atoms with Crippen LogP contribution in [0.1, 0.15) is 31.4 Å². The summed E-state index contributed by atoms with van der Waals surface area (Å²) in [5.41, 5.74) is -1.22. The summed E-state index contributed by atoms with van der Waals surface area (Å²) in [4.78, 5) is 24.4. The van der Waals surface area contributed by atoms with Gasteiger partial charge in [-0.1, -0.05) is 24.2 Å². The minimum atomic E-state index is -4.00. The van der Waals surface area contributed by atoms with Crippen LogP contribution in [0.3, 0.4) is 0 Å². The maximum absolute atomic E-state index is 12.2. The van der Waals surface area contributed by atoms with Crippen molar-refractivity contribution in [3.63, 3.8) is 0 Å². The second kappa shape index (κ2) is 4.73. The topological polar surface area (TPSA) is 116 Å². The van der Waals surface area contributed by atoms with E-state index in [1.165, 1.54) is 6.92 Å². The lowest BCUT2D eigenvalue weighted by Crippen LogP contribution is -2.52. The third-order valence-corrected chi connectivity index (χ3v) is 6.36. The average molecular weight is 306 g/mol. The van der Waals surface area contributed by atoms with Crippen molar-refractivity contribution in [2.75, 3.05) is 0 Å². The van der Waals surface area contributed by atoms with E-state index in [0.29, 0.717) is 24.2 Å². The molecule has 0 atom stereocenters. The van der Waals surface area contributed by atoms with E-state index in [4.69, 9.17) is 0 Å². The molecule has 1 heterocycles. The number of nitrogens with one attached hydrogen (secondary N) is 2. The Morgan fingerprint density at radius 2 is 2.00 bits per heavy atom. The fourth-order valence-electron chi connectivity index (χ4n) is 2.29. The molecule has 0 bridgehead atoms. The molecule has 2 rings (SSSR count). The zero-order valence-corrected chi connectivity index (χ0v) is 11.9. The first kappa shape index (κ1) is 14.2. The van der Waals surface area contributed by atoms with E-state index in [-0.39, 0.29) is 22.7 Å². The molecule has 1 aromatic heterocycles. The first-order valence-electron chi connectivity index (χ1n) is 5.74. The minimum Gasteiger partial charge on any atom is -0.480 e. The summed E-state index contributed by atoms with van der Waals surface area (Å²) in [5, 5.41) is 9.26. The lowest BCUT2D eigenvalue weighted by atomic mass is 10.0. The van der Waals surface area contributed by atoms with Gasteiger partial charge in [-0.15, -0.1) is 0 Å². The Morgan fingerprint density at radius 3 is 2.42 bits per heavy atom. The van der Waals surface area contributed by atoms with E-state index < -0.39 is 26.4 Å². The lowest BCUT2D eigenvalue weighted by Gasteiger charge is -2.24. The number of thiazole rings is 1. The van der Waals surface area contributed by atoms with Crippen LogP contribution in [0.15, 0.2) is 9.00 Å². The quantitative estimate of drug-likeness (QED) is 0.745. The van der Waals surface area contributed by atoms with Gasteiger partial charge in [0.1, 0.15) is 5.54 Å². The van der Waals surface area contributed by atoms with Gasteiger partial charge in [-0.3, -0.25) is 9.59 Å². The number of aromatic amines is 1. The molecular formula is C10H14N2O5S2. The van der Waals surface area contributed by atoms with Crippen molar-refractivity contribution >= 4 is 27.3 Å². The summed E-state index contributed by atoms with van der Waals surface area (Å²) in [6, 6.07) is 0. The Hall–Kier alpha value is -1.19. The molecule has 3 N–H and O–H groups in total. The number of carboxylic acids is 1. The molecular weight excluding hydrogens is 292 g/mol. The lowest BCUT2D eigenvalue weighted by molar-refractivity contribution is -0.143. The average Bonchev–Trinajstić information content (AvgIpc) is 2.86. The van der Waals surface area contributed by atoms with Crippen molar-refractivity contribution in [3.8, 4) is 0 Å². The highest BCUT2D eigenvalue weighted by atomic mass is 32.2. The van der Waals surface area contributed by atoms with Gasteiger partial charge < -0.3 is 10.1 Å². The third kappa shape index (κ3) is 2.58. The van der Waals surface area contributed by atoms with Crippen molar-refractivity contribution in [1.29, 1.82) is 0 Å². The summed E-state index contributed by atoms with van der Waals surface area (Å²) in [7, 11) is -4.00. The Morgan fingerprint density at radius 1 is 1.42 bits per heavy atom. The smallest absolute Gasteiger partial charge is 0.324 e. The molecule has 1 aliphatic rings. The van der Waals surface area contributed by atoms with E-state index in [1.54, 1.807) is 0 Å². The van der Waals surface area contributed by atoms with Crippen LogP contribution >= 0.6 is 11.3 Å². The molecule has 1 fully saturated rings. The standard InChI is InChI=1S/C10H14N2O5S2/c1-6-7(18-9(15)11-6)19(16,17)12-10(8(13)14)4-2-3-5-10/h12H,2-5H2,1H3,(H,11,15)(H,13,14). The number of carboxylic acid groups (broad SMARTS) is 1. The number of hydrogen-bond acceptors (Lipinski definition) is 5. The van der Waals surface area contributed by atoms with Crippen molar-refractivity contribution in [3.05, 3.63) is 15.4 Å². The number of aliphatic carboxylic acids is 1. The van der Waals surface area contributed by atoms with Crippen LogP contribution in [-0.4, -0.2) is 30.0 Å². The number of hydrogen-bond donors (Lipinski definition) is 3. The van der Waals surface area contributed by atoms with Crippen LogP contribution in [0.5, 0.6) is 0 Å². The first-order chi connectivity index (χ1) is 8.77. The molecule has 1 saturated carbocycles. The van der Waals surface area contributed by atoms with Gasteiger partial charge in [0.15, 0.2) is 4.21 Å². The Labute approximate surface area is 113 Å². The van der Waals surface area contributed by atoms with Gasteiger partial charge in [0.05, 0.1) is 0 Å². The normalized spacial score (nSPS) is 18.6. The maximum Gasteiger partial charge on any atom is 0.324 e. The highest BCUT2D eigenvalue weighted by Gasteiger charge is 2.45. The summed E-state index contributed by atoms with van der Waals surface area (Å²) in [5.74, 6) is -1.17. The zero-order valence-electron chi connectivity index (χ0n) is 10.2. The zero-order chi connectivity index (χ0) is 14.3. The van der Waals surface area contributed by atoms with Crippen LogP contribution in [-0.2, 0) is 14.8 Å². The predicted molar refractivity (Wildman–Crippen MR) is 68.8 cm³/mol. The van der Waals surface area contributed by atoms with Crippen LogP contribution in [0, 0.1) is 6.92 Å². The molecule has 0 aliphatic heterocycles. The number of aromatic nitrogens is 1. The van der Waals surface area contributed by atoms with E-state index in [9.17, 15) is 23.1 Å². The van der Waals surface area contributed by atoms with Crippen LogP contribution in [0.25, 0.3) is 0 Å². The van der Waals surface area contributed by atoms with E-state index >= 15 is 0 Å². The van der Waals surface area contributed by atoms with Gasteiger partial charge in [0.2, 0.25) is 0 Å². The number of aryl methyl sites for hydroxylation is 1. The summed E-state index contributed by atoms with van der Waals surface area (Å²) in [6.45, 7) is 1.47. The fourth-order valence-corrected chi connectivity index (χ4v) is 5.01. The Bertz CT molecular complexity index is 652. The molecule has 9 heteroatoms. The van der Waals surface area contributed by atoms with Crippen LogP contribution in [0.4, 0.5) is 0 Å². The molecule has 7 nitrogen and oxygen atoms in total. The van der Waals surface area contributed by atoms with Crippen molar-refractivity contribution in [2.24, 2.45) is 0 Å². The molecule has 0 aromatic carbocycles. The predicted octanol–water partition coefficient (Wildman–Crippen LogP) is 0.421. The van der Waals surface area contributed by atoms with Gasteiger partial charge in [-0.25, -0.2) is 8.42 Å². The summed E-state index contributed by atoms with van der Waals surface area (Å²) < 4.78 is 26.5. The van der Waals surface area contributed by atoms with Crippen LogP contribution in [0.2, 0.25) is 0 Å². The molecule has 19 heavy (non-hydrogen) atoms. The van der Waals surface area contributed by atoms with E-state index in [0.717, 1.165) is 0 Å². The number of rotatable bonds is 4. The minimum absolute atomic E-state index is 0.148. The molecule has 0 amide bonds. The largest absolute Gasteiger partial charge is 0.480 e. The monoisotopic (exact) mass is 306 g/mol. The number of carbonyl (C=O) groups is 1. The molecule has 1 aliphatic carbocycles. The van der Waals surface area contributed by atoms with E-state index in [1.807, 2.05) is 0 Å². The highest BCUT2D eigenvalue weighted by molar-refractivity contribution is 7.91. The van der Waals surface area contributed by atoms with Gasteiger partial charge in [-0.05, 0) is 19.8 Å². The Balaban J connectivity index is 2.38. The van der Waals surface area contributed by atoms with Gasteiger partial charge in [0.25, 0.3) is 10.0 Å². The molecule has 1 aromatic rings. The molecule has 0 spiro atoms. The fraction of sp³-hybridized carbons (Fsp3) is 0.600. The molecule has 0 unspecified atom stereocenters. The summed E-state index contributed by atoms with van der Waals surface area (Å²) in [6.07, 6.45) is 1.86. The highest BCUT2D eigenvalue weighted by Crippen LogP contribution is 2.32. The van der Waals surface area contributed by atoms with E-state index in [2.05, 4.69) is 9.71 Å². The third-order valence-electron chi connectivity index (χ3n) is 3.22. The maximum atomic E-state index is 12.2. The Kier molecular flexibility index (Phi) is 3.54. The summed E-state index contributed by atoms with van der Waals surface area (Å²) >= 11 is 0.561. The molecule has 0 radical (unpaired) electrons. The van der Waals surface area contributed by atoms with Gasteiger partial charge >= 0.3 is 10.8 Å². The van der Waals surface area contributed by atoms with Crippen LogP contribution < -0.4 is 9.60 Å². The number of sulfonamides is 1. The molecule has 0 saturated heterocycles. The second-order valence-electron chi connectivity index (χ2n) is 4.63. The van der Waals surface area contributed by atoms with Crippen molar-refractivity contribution < 1.29 is 18.3 Å².